The molecule has 166 valence electrons. The Balaban J connectivity index is 1.67. The van der Waals surface area contributed by atoms with Crippen molar-refractivity contribution in [2.75, 3.05) is 19.7 Å². The van der Waals surface area contributed by atoms with E-state index in [4.69, 9.17) is 13.7 Å². The fourth-order valence-corrected chi connectivity index (χ4v) is 4.23. The van der Waals surface area contributed by atoms with Gasteiger partial charge >= 0.3 is 6.09 Å². The number of phenols is 1. The van der Waals surface area contributed by atoms with E-state index in [1.165, 1.54) is 6.42 Å². The Hall–Kier alpha value is -2.06. The molecule has 1 aromatic heterocycles. The number of phenolic OH excluding ortho intramolecular Hbond substituents is 1. The molecule has 0 bridgehead atoms. The van der Waals surface area contributed by atoms with Crippen molar-refractivity contribution in [3.8, 4) is 5.75 Å². The second kappa shape index (κ2) is 8.97. The largest absolute Gasteiger partial charge is 0.507 e. The molecule has 0 saturated carbocycles. The summed E-state index contributed by atoms with van der Waals surface area (Å²) in [5, 5.41) is 15.4. The van der Waals surface area contributed by atoms with Gasteiger partial charge in [0.1, 0.15) is 5.75 Å². The summed E-state index contributed by atoms with van der Waals surface area (Å²) in [7, 11) is -1.98. The lowest BCUT2D eigenvalue weighted by molar-refractivity contribution is 0.0958. The summed E-state index contributed by atoms with van der Waals surface area (Å²) in [6.45, 7) is 12.9. The van der Waals surface area contributed by atoms with Crippen molar-refractivity contribution in [3.05, 3.63) is 23.4 Å². The number of likely N-dealkylation sites (tertiary alicyclic amines) is 1. The number of carbonyl (C=O) groups is 1. The van der Waals surface area contributed by atoms with Crippen molar-refractivity contribution in [1.82, 2.24) is 10.1 Å². The van der Waals surface area contributed by atoms with Crippen molar-refractivity contribution in [2.24, 2.45) is 0 Å². The van der Waals surface area contributed by atoms with E-state index in [0.29, 0.717) is 23.3 Å². The first-order valence-electron chi connectivity index (χ1n) is 10.7. The van der Waals surface area contributed by atoms with Crippen LogP contribution in [0.2, 0.25) is 18.1 Å². The Morgan fingerprint density at radius 2 is 1.93 bits per heavy atom. The molecule has 2 heterocycles. The molecule has 1 aromatic carbocycles. The highest BCUT2D eigenvalue weighted by Gasteiger charge is 2.37. The fourth-order valence-electron chi connectivity index (χ4n) is 3.29. The number of amides is 1. The second-order valence-corrected chi connectivity index (χ2v) is 14.3. The average Bonchev–Trinajstić information content (AvgIpc) is 3.10. The molecule has 0 unspecified atom stereocenters. The minimum absolute atomic E-state index is 0.0708. The zero-order chi connectivity index (χ0) is 21.9. The van der Waals surface area contributed by atoms with E-state index in [-0.39, 0.29) is 30.1 Å². The van der Waals surface area contributed by atoms with Crippen LogP contribution >= 0.6 is 0 Å². The van der Waals surface area contributed by atoms with Crippen LogP contribution in [0, 0.1) is 0 Å². The molecule has 3 rings (SSSR count). The van der Waals surface area contributed by atoms with Gasteiger partial charge in [-0.2, -0.15) is 0 Å². The number of hydrogen-bond donors (Lipinski definition) is 1. The molecule has 0 aliphatic carbocycles. The lowest BCUT2D eigenvalue weighted by Crippen LogP contribution is -2.40. The number of benzene rings is 1. The number of fused-ring (bicyclic) bond motifs is 1. The van der Waals surface area contributed by atoms with Crippen LogP contribution in [-0.2, 0) is 22.2 Å². The van der Waals surface area contributed by atoms with Crippen molar-refractivity contribution < 1.29 is 23.6 Å². The van der Waals surface area contributed by atoms with Gasteiger partial charge in [-0.1, -0.05) is 25.9 Å². The zero-order valence-corrected chi connectivity index (χ0v) is 19.8. The third-order valence-electron chi connectivity index (χ3n) is 6.36. The number of carbonyl (C=O) groups excluding carboxylic acids is 1. The van der Waals surface area contributed by atoms with Gasteiger partial charge in [0, 0.05) is 24.9 Å². The molecule has 1 saturated heterocycles. The Morgan fingerprint density at radius 3 is 2.60 bits per heavy atom. The Labute approximate surface area is 179 Å². The standard InChI is InChI=1S/C22H34N2O5Si/c1-22(2,3)30(4,5)28-15-17-19(25)10-9-16-18(23-29-20(16)17)11-14-27-21(26)24-12-7-6-8-13-24/h9-10,25H,6-8,11-15H2,1-5H3. The van der Waals surface area contributed by atoms with Gasteiger partial charge in [0.15, 0.2) is 13.9 Å². The maximum absolute atomic E-state index is 12.2. The Bertz CT molecular complexity index is 882. The molecule has 1 amide bonds. The zero-order valence-electron chi connectivity index (χ0n) is 18.8. The summed E-state index contributed by atoms with van der Waals surface area (Å²) < 4.78 is 17.3. The normalized spacial score (nSPS) is 15.6. The predicted molar refractivity (Wildman–Crippen MR) is 118 cm³/mol. The first-order chi connectivity index (χ1) is 14.1. The molecule has 1 aliphatic rings. The summed E-state index contributed by atoms with van der Waals surface area (Å²) in [5.41, 5.74) is 1.86. The minimum atomic E-state index is -1.98. The average molecular weight is 435 g/mol. The SMILES string of the molecule is CC(C)(C)[Si](C)(C)OCc1c(O)ccc2c(CCOC(=O)N3CCCCC3)noc12. The van der Waals surface area contributed by atoms with Gasteiger partial charge in [0.05, 0.1) is 24.5 Å². The molecule has 1 aliphatic heterocycles. The van der Waals surface area contributed by atoms with Crippen molar-refractivity contribution in [2.45, 2.75) is 71.2 Å². The maximum atomic E-state index is 12.2. The molecule has 0 atom stereocenters. The van der Waals surface area contributed by atoms with Crippen molar-refractivity contribution >= 4 is 25.4 Å². The van der Waals surface area contributed by atoms with Crippen LogP contribution in [0.1, 0.15) is 51.3 Å². The van der Waals surface area contributed by atoms with Gasteiger partial charge in [-0.05, 0) is 49.5 Å². The van der Waals surface area contributed by atoms with Gasteiger partial charge < -0.3 is 23.7 Å². The van der Waals surface area contributed by atoms with Crippen LogP contribution in [0.25, 0.3) is 11.0 Å². The number of nitrogens with zero attached hydrogens (tertiary/aromatic N) is 2. The number of ether oxygens (including phenoxy) is 1. The maximum Gasteiger partial charge on any atom is 0.409 e. The fraction of sp³-hybridized carbons (Fsp3) is 0.636. The van der Waals surface area contributed by atoms with Gasteiger partial charge in [-0.25, -0.2) is 4.79 Å². The third kappa shape index (κ3) is 4.98. The van der Waals surface area contributed by atoms with Crippen LogP contribution in [0.3, 0.4) is 0 Å². The highest BCUT2D eigenvalue weighted by molar-refractivity contribution is 6.74. The summed E-state index contributed by atoms with van der Waals surface area (Å²) in [6, 6.07) is 3.44. The molecule has 1 fully saturated rings. The molecule has 2 aromatic rings. The molecule has 7 nitrogen and oxygen atoms in total. The second-order valence-electron chi connectivity index (χ2n) is 9.53. The summed E-state index contributed by atoms with van der Waals surface area (Å²) in [6.07, 6.45) is 3.44. The smallest absolute Gasteiger partial charge is 0.409 e. The molecule has 0 radical (unpaired) electrons. The monoisotopic (exact) mass is 434 g/mol. The topological polar surface area (TPSA) is 85.0 Å². The summed E-state index contributed by atoms with van der Waals surface area (Å²) in [4.78, 5) is 13.9. The Kier molecular flexibility index (Phi) is 6.77. The van der Waals surface area contributed by atoms with Crippen LogP contribution in [0.15, 0.2) is 16.7 Å². The van der Waals surface area contributed by atoms with E-state index < -0.39 is 8.32 Å². The first kappa shape index (κ1) is 22.6. The molecule has 8 heteroatoms. The van der Waals surface area contributed by atoms with Gasteiger partial charge in [0.25, 0.3) is 0 Å². The van der Waals surface area contributed by atoms with E-state index in [0.717, 1.165) is 31.3 Å². The molecular weight excluding hydrogens is 400 g/mol. The van der Waals surface area contributed by atoms with Crippen LogP contribution < -0.4 is 0 Å². The van der Waals surface area contributed by atoms with E-state index >= 15 is 0 Å². The predicted octanol–water partition coefficient (Wildman–Crippen LogP) is 5.22. The molecule has 0 spiro atoms. The Morgan fingerprint density at radius 1 is 1.23 bits per heavy atom. The number of rotatable bonds is 6. The highest BCUT2D eigenvalue weighted by atomic mass is 28.4. The number of piperidine rings is 1. The van der Waals surface area contributed by atoms with E-state index in [1.54, 1.807) is 17.0 Å². The minimum Gasteiger partial charge on any atom is -0.507 e. The summed E-state index contributed by atoms with van der Waals surface area (Å²) in [5.74, 6) is 0.139. The number of aromatic nitrogens is 1. The highest BCUT2D eigenvalue weighted by Crippen LogP contribution is 2.38. The van der Waals surface area contributed by atoms with E-state index in [9.17, 15) is 9.90 Å². The molecule has 30 heavy (non-hydrogen) atoms. The lowest BCUT2D eigenvalue weighted by atomic mass is 10.1. The van der Waals surface area contributed by atoms with Crippen LogP contribution in [0.4, 0.5) is 4.79 Å². The number of hydrogen-bond acceptors (Lipinski definition) is 6. The quantitative estimate of drug-likeness (QED) is 0.627. The van der Waals surface area contributed by atoms with Crippen LogP contribution in [0.5, 0.6) is 5.75 Å². The van der Waals surface area contributed by atoms with Gasteiger partial charge in [-0.3, -0.25) is 0 Å². The lowest BCUT2D eigenvalue weighted by Gasteiger charge is -2.36. The van der Waals surface area contributed by atoms with Crippen molar-refractivity contribution in [1.29, 1.82) is 0 Å². The van der Waals surface area contributed by atoms with Crippen LogP contribution in [-0.4, -0.2) is 49.3 Å². The third-order valence-corrected chi connectivity index (χ3v) is 10.8. The van der Waals surface area contributed by atoms with E-state index in [1.807, 2.05) is 0 Å². The van der Waals surface area contributed by atoms with Gasteiger partial charge in [-0.15, -0.1) is 0 Å². The van der Waals surface area contributed by atoms with Gasteiger partial charge in [0.2, 0.25) is 0 Å². The molecular formula is C22H34N2O5Si. The van der Waals surface area contributed by atoms with Crippen molar-refractivity contribution in [3.63, 3.8) is 0 Å². The number of aromatic hydroxyl groups is 1. The summed E-state index contributed by atoms with van der Waals surface area (Å²) >= 11 is 0. The molecule has 1 N–H and O–H groups in total. The van der Waals surface area contributed by atoms with E-state index in [2.05, 4.69) is 39.0 Å². The first-order valence-corrected chi connectivity index (χ1v) is 13.7.